The molecule has 2 amide bonds. The van der Waals surface area contributed by atoms with Crippen LogP contribution in [0.4, 0.5) is 10.8 Å². The van der Waals surface area contributed by atoms with E-state index >= 15 is 0 Å². The zero-order chi connectivity index (χ0) is 20.8. The van der Waals surface area contributed by atoms with Gasteiger partial charge < -0.3 is 10.2 Å². The summed E-state index contributed by atoms with van der Waals surface area (Å²) in [5.41, 5.74) is 2.50. The Morgan fingerprint density at radius 2 is 1.93 bits per heavy atom. The van der Waals surface area contributed by atoms with Crippen molar-refractivity contribution in [1.82, 2.24) is 4.98 Å². The van der Waals surface area contributed by atoms with Crippen molar-refractivity contribution in [2.45, 2.75) is 18.2 Å². The fourth-order valence-electron chi connectivity index (χ4n) is 3.25. The van der Waals surface area contributed by atoms with Crippen LogP contribution in [0.5, 0.6) is 0 Å². The number of sulfone groups is 1. The Bertz CT molecular complexity index is 1220. The Hall–Kier alpha value is -2.78. The summed E-state index contributed by atoms with van der Waals surface area (Å²) in [4.78, 5) is 31.2. The topological polar surface area (TPSA) is 96.4 Å². The highest BCUT2D eigenvalue weighted by molar-refractivity contribution is 7.90. The summed E-state index contributed by atoms with van der Waals surface area (Å²) >= 11 is 1.21. The highest BCUT2D eigenvalue weighted by atomic mass is 32.2. The van der Waals surface area contributed by atoms with E-state index in [0.29, 0.717) is 21.9 Å². The molecule has 1 aliphatic heterocycles. The van der Waals surface area contributed by atoms with E-state index in [-0.39, 0.29) is 23.1 Å². The Morgan fingerprint density at radius 1 is 1.21 bits per heavy atom. The number of aromatic nitrogens is 1. The van der Waals surface area contributed by atoms with Crippen LogP contribution in [0.2, 0.25) is 0 Å². The summed E-state index contributed by atoms with van der Waals surface area (Å²) in [6.45, 7) is 2.29. The molecule has 1 saturated heterocycles. The lowest BCUT2D eigenvalue weighted by Gasteiger charge is -2.16. The maximum absolute atomic E-state index is 12.7. The van der Waals surface area contributed by atoms with Crippen molar-refractivity contribution in [1.29, 1.82) is 0 Å². The van der Waals surface area contributed by atoms with Crippen LogP contribution in [0.25, 0.3) is 10.2 Å². The van der Waals surface area contributed by atoms with Gasteiger partial charge in [-0.2, -0.15) is 0 Å². The van der Waals surface area contributed by atoms with Crippen molar-refractivity contribution in [3.05, 3.63) is 48.0 Å². The molecule has 4 rings (SSSR count). The number of hydrogen-bond acceptors (Lipinski definition) is 6. The van der Waals surface area contributed by atoms with Crippen LogP contribution in [0.1, 0.15) is 12.0 Å². The monoisotopic (exact) mass is 429 g/mol. The highest BCUT2D eigenvalue weighted by Crippen LogP contribution is 2.30. The van der Waals surface area contributed by atoms with Gasteiger partial charge >= 0.3 is 0 Å². The molecule has 1 aromatic heterocycles. The number of amides is 2. The minimum absolute atomic E-state index is 0.0869. The van der Waals surface area contributed by atoms with E-state index in [1.165, 1.54) is 17.4 Å². The van der Waals surface area contributed by atoms with Gasteiger partial charge in [0, 0.05) is 24.9 Å². The Labute approximate surface area is 172 Å². The lowest BCUT2D eigenvalue weighted by molar-refractivity contribution is -0.122. The lowest BCUT2D eigenvalue weighted by Crippen LogP contribution is -2.28. The maximum atomic E-state index is 12.7. The fourth-order valence-corrected chi connectivity index (χ4v) is 4.88. The van der Waals surface area contributed by atoms with Crippen LogP contribution in [0.15, 0.2) is 47.4 Å². The van der Waals surface area contributed by atoms with Gasteiger partial charge in [0.1, 0.15) is 0 Å². The summed E-state index contributed by atoms with van der Waals surface area (Å²) in [5.74, 6) is -0.825. The van der Waals surface area contributed by atoms with E-state index in [4.69, 9.17) is 0 Å². The number of rotatable bonds is 4. The number of carbonyl (C=O) groups excluding carboxylic acids is 2. The average Bonchev–Trinajstić information content (AvgIpc) is 3.24. The molecule has 1 fully saturated rings. The summed E-state index contributed by atoms with van der Waals surface area (Å²) in [7, 11) is -3.31. The van der Waals surface area contributed by atoms with Gasteiger partial charge in [0.05, 0.1) is 21.0 Å². The van der Waals surface area contributed by atoms with Crippen LogP contribution in [0.3, 0.4) is 0 Å². The first kappa shape index (κ1) is 19.5. The normalized spacial score (nSPS) is 17.1. The predicted molar refractivity (Wildman–Crippen MR) is 113 cm³/mol. The molecular weight excluding hydrogens is 410 g/mol. The number of aryl methyl sites for hydroxylation is 1. The molecule has 0 saturated carbocycles. The summed E-state index contributed by atoms with van der Waals surface area (Å²) in [5, 5.41) is 3.16. The van der Waals surface area contributed by atoms with Crippen LogP contribution < -0.4 is 10.2 Å². The molecule has 0 bridgehead atoms. The van der Waals surface area contributed by atoms with Crippen molar-refractivity contribution >= 4 is 54.0 Å². The van der Waals surface area contributed by atoms with E-state index in [2.05, 4.69) is 10.3 Å². The number of fused-ring (bicyclic) bond motifs is 1. The smallest absolute Gasteiger partial charge is 0.231 e. The molecule has 1 N–H and O–H groups in total. The molecule has 1 aliphatic rings. The average molecular weight is 430 g/mol. The van der Waals surface area contributed by atoms with Crippen LogP contribution in [0, 0.1) is 12.8 Å². The van der Waals surface area contributed by atoms with Crippen molar-refractivity contribution in [2.24, 2.45) is 5.92 Å². The van der Waals surface area contributed by atoms with Crippen molar-refractivity contribution < 1.29 is 18.0 Å². The molecule has 3 aromatic rings. The number of nitrogens with one attached hydrogen (secondary N) is 1. The molecule has 0 unspecified atom stereocenters. The van der Waals surface area contributed by atoms with Gasteiger partial charge in [-0.05, 0) is 37.3 Å². The molecular formula is C20H19N3O4S2. The van der Waals surface area contributed by atoms with Gasteiger partial charge in [0.25, 0.3) is 0 Å². The second kappa shape index (κ2) is 7.23. The first-order valence-corrected chi connectivity index (χ1v) is 11.7. The Balaban J connectivity index is 1.49. The van der Waals surface area contributed by atoms with Gasteiger partial charge in [-0.3, -0.25) is 9.59 Å². The molecule has 7 nitrogen and oxygen atoms in total. The second-order valence-corrected chi connectivity index (χ2v) is 10.2. The zero-order valence-corrected chi connectivity index (χ0v) is 17.5. The number of benzene rings is 2. The third-order valence-corrected chi connectivity index (χ3v) is 6.90. The number of thiazole rings is 1. The van der Waals surface area contributed by atoms with Crippen LogP contribution >= 0.6 is 11.3 Å². The largest absolute Gasteiger partial charge is 0.312 e. The van der Waals surface area contributed by atoms with Crippen molar-refractivity contribution in [2.75, 3.05) is 23.0 Å². The molecule has 2 aromatic carbocycles. The fraction of sp³-hybridized carbons (Fsp3) is 0.250. The lowest BCUT2D eigenvalue weighted by atomic mass is 10.1. The molecule has 9 heteroatoms. The first-order valence-electron chi connectivity index (χ1n) is 8.99. The minimum Gasteiger partial charge on any atom is -0.312 e. The highest BCUT2D eigenvalue weighted by Gasteiger charge is 2.35. The summed E-state index contributed by atoms with van der Waals surface area (Å²) in [6.07, 6.45) is 1.29. The Kier molecular flexibility index (Phi) is 4.87. The van der Waals surface area contributed by atoms with Gasteiger partial charge in [-0.1, -0.05) is 29.0 Å². The van der Waals surface area contributed by atoms with Gasteiger partial charge in [0.15, 0.2) is 15.0 Å². The third kappa shape index (κ3) is 4.01. The molecule has 0 radical (unpaired) electrons. The molecule has 0 aliphatic carbocycles. The number of anilines is 2. The van der Waals surface area contributed by atoms with Crippen molar-refractivity contribution in [3.8, 4) is 0 Å². The van der Waals surface area contributed by atoms with E-state index in [9.17, 15) is 18.0 Å². The standard InChI is InChI=1S/C20H19N3O4S2/c1-12-3-5-14(6-4-12)23-11-13(9-18(23)24)19(25)22-20-21-16-8-7-15(29(2,26)27)10-17(16)28-20/h3-8,10,13H,9,11H2,1-2H3,(H,21,22,25)/t13-/m0/s1. The zero-order valence-electron chi connectivity index (χ0n) is 15.9. The van der Waals surface area contributed by atoms with E-state index in [0.717, 1.165) is 17.5 Å². The predicted octanol–water partition coefficient (Wildman–Crippen LogP) is 3.00. The summed E-state index contributed by atoms with van der Waals surface area (Å²) in [6, 6.07) is 12.3. The van der Waals surface area contributed by atoms with Gasteiger partial charge in [0.2, 0.25) is 11.8 Å². The van der Waals surface area contributed by atoms with Gasteiger partial charge in [-0.15, -0.1) is 0 Å². The Morgan fingerprint density at radius 3 is 2.62 bits per heavy atom. The number of carbonyl (C=O) groups is 2. The first-order chi connectivity index (χ1) is 13.7. The molecule has 2 heterocycles. The second-order valence-electron chi connectivity index (χ2n) is 7.15. The molecule has 150 valence electrons. The number of hydrogen-bond donors (Lipinski definition) is 1. The maximum Gasteiger partial charge on any atom is 0.231 e. The van der Waals surface area contributed by atoms with Crippen LogP contribution in [-0.4, -0.2) is 38.0 Å². The van der Waals surface area contributed by atoms with Gasteiger partial charge in [-0.25, -0.2) is 13.4 Å². The quantitative estimate of drug-likeness (QED) is 0.688. The molecule has 1 atom stereocenters. The summed E-state index contributed by atoms with van der Waals surface area (Å²) < 4.78 is 24.1. The SMILES string of the molecule is Cc1ccc(N2C[C@@H](C(=O)Nc3nc4ccc(S(C)(=O)=O)cc4s3)CC2=O)cc1. The molecule has 29 heavy (non-hydrogen) atoms. The number of nitrogens with zero attached hydrogens (tertiary/aromatic N) is 2. The van der Waals surface area contributed by atoms with Crippen LogP contribution in [-0.2, 0) is 19.4 Å². The van der Waals surface area contributed by atoms with E-state index in [1.54, 1.807) is 17.0 Å². The van der Waals surface area contributed by atoms with E-state index < -0.39 is 15.8 Å². The van der Waals surface area contributed by atoms with Crippen molar-refractivity contribution in [3.63, 3.8) is 0 Å². The molecule has 0 spiro atoms. The minimum atomic E-state index is -3.31. The van der Waals surface area contributed by atoms with E-state index in [1.807, 2.05) is 31.2 Å². The third-order valence-electron chi connectivity index (χ3n) is 4.86.